The van der Waals surface area contributed by atoms with Crippen molar-refractivity contribution < 1.29 is 19.1 Å². The van der Waals surface area contributed by atoms with E-state index in [0.29, 0.717) is 44.0 Å². The molecule has 0 radical (unpaired) electrons. The normalized spacial score (nSPS) is 14.9. The molecule has 1 aliphatic heterocycles. The van der Waals surface area contributed by atoms with Crippen LogP contribution >= 0.6 is 0 Å². The van der Waals surface area contributed by atoms with E-state index in [-0.39, 0.29) is 17.2 Å². The molecular formula is C21H33N3O4. The van der Waals surface area contributed by atoms with Crippen LogP contribution in [-0.2, 0) is 22.6 Å². The van der Waals surface area contributed by atoms with Crippen molar-refractivity contribution in [3.05, 3.63) is 23.3 Å². The van der Waals surface area contributed by atoms with Crippen LogP contribution in [0.5, 0.6) is 11.5 Å². The fourth-order valence-electron chi connectivity index (χ4n) is 3.21. The molecule has 0 fully saturated rings. The third-order valence-corrected chi connectivity index (χ3v) is 5.15. The number of benzene rings is 1. The number of nitrogens with zero attached hydrogens (tertiary/aromatic N) is 1. The summed E-state index contributed by atoms with van der Waals surface area (Å²) < 4.78 is 10.7. The van der Waals surface area contributed by atoms with Crippen LogP contribution in [-0.4, -0.2) is 50.1 Å². The Morgan fingerprint density at radius 3 is 2.36 bits per heavy atom. The topological polar surface area (TPSA) is 93.9 Å². The number of carbonyl (C=O) groups excluding carboxylic acids is 2. The molecule has 28 heavy (non-hydrogen) atoms. The molecule has 0 spiro atoms. The number of amides is 2. The van der Waals surface area contributed by atoms with Crippen LogP contribution in [0.4, 0.5) is 0 Å². The fourth-order valence-corrected chi connectivity index (χ4v) is 3.21. The summed E-state index contributed by atoms with van der Waals surface area (Å²) in [4.78, 5) is 26.4. The predicted molar refractivity (Wildman–Crippen MR) is 108 cm³/mol. The van der Waals surface area contributed by atoms with Crippen LogP contribution < -0.4 is 20.5 Å². The molecule has 1 heterocycles. The highest BCUT2D eigenvalue weighted by Crippen LogP contribution is 2.33. The van der Waals surface area contributed by atoms with Gasteiger partial charge in [0.1, 0.15) is 0 Å². The average molecular weight is 392 g/mol. The number of fused-ring (bicyclic) bond motifs is 1. The molecule has 1 aliphatic rings. The van der Waals surface area contributed by atoms with E-state index in [1.54, 1.807) is 14.2 Å². The van der Waals surface area contributed by atoms with Gasteiger partial charge in [0.25, 0.3) is 0 Å². The van der Waals surface area contributed by atoms with Gasteiger partial charge in [-0.15, -0.1) is 0 Å². The molecule has 1 atom stereocenters. The number of nitrogens with one attached hydrogen (secondary N) is 1. The van der Waals surface area contributed by atoms with Crippen molar-refractivity contribution in [2.45, 2.75) is 52.6 Å². The van der Waals surface area contributed by atoms with Gasteiger partial charge in [0.15, 0.2) is 11.5 Å². The lowest BCUT2D eigenvalue weighted by atomic mass is 9.87. The molecule has 7 nitrogen and oxygen atoms in total. The number of nitrogens with two attached hydrogens (primary N) is 1. The Labute approximate surface area is 167 Å². The van der Waals surface area contributed by atoms with Gasteiger partial charge in [0.05, 0.1) is 20.3 Å². The van der Waals surface area contributed by atoms with Crippen LogP contribution in [0.1, 0.15) is 44.7 Å². The summed E-state index contributed by atoms with van der Waals surface area (Å²) in [5.41, 5.74) is 7.92. The number of carbonyl (C=O) groups is 2. The van der Waals surface area contributed by atoms with Crippen molar-refractivity contribution in [1.29, 1.82) is 0 Å². The van der Waals surface area contributed by atoms with E-state index in [4.69, 9.17) is 15.2 Å². The van der Waals surface area contributed by atoms with Crippen molar-refractivity contribution in [3.8, 4) is 11.5 Å². The monoisotopic (exact) mass is 391 g/mol. The number of hydrogen-bond acceptors (Lipinski definition) is 5. The summed E-state index contributed by atoms with van der Waals surface area (Å²) in [6, 6.07) is 3.37. The summed E-state index contributed by atoms with van der Waals surface area (Å²) in [5, 5.41) is 2.83. The summed E-state index contributed by atoms with van der Waals surface area (Å²) >= 11 is 0. The Hall–Kier alpha value is -2.28. The second-order valence-electron chi connectivity index (χ2n) is 8.28. The lowest BCUT2D eigenvalue weighted by molar-refractivity contribution is -0.132. The van der Waals surface area contributed by atoms with Gasteiger partial charge in [0, 0.05) is 26.1 Å². The highest BCUT2D eigenvalue weighted by Gasteiger charge is 2.27. The molecule has 0 saturated heterocycles. The zero-order valence-electron chi connectivity index (χ0n) is 17.6. The van der Waals surface area contributed by atoms with E-state index in [0.717, 1.165) is 12.0 Å². The van der Waals surface area contributed by atoms with Gasteiger partial charge < -0.3 is 25.4 Å². The van der Waals surface area contributed by atoms with E-state index < -0.39 is 6.04 Å². The summed E-state index contributed by atoms with van der Waals surface area (Å²) in [6.07, 6.45) is 1.78. The molecule has 2 amide bonds. The summed E-state index contributed by atoms with van der Waals surface area (Å²) in [7, 11) is 3.23. The van der Waals surface area contributed by atoms with Crippen LogP contribution in [0.15, 0.2) is 12.1 Å². The van der Waals surface area contributed by atoms with Crippen LogP contribution in [0.25, 0.3) is 0 Å². The number of rotatable bonds is 7. The van der Waals surface area contributed by atoms with Gasteiger partial charge in [-0.3, -0.25) is 9.59 Å². The first-order chi connectivity index (χ1) is 13.2. The first kappa shape index (κ1) is 22.0. The average Bonchev–Trinajstić information content (AvgIpc) is 2.67. The third kappa shape index (κ3) is 5.38. The number of hydrogen-bond donors (Lipinski definition) is 2. The maximum atomic E-state index is 12.6. The second kappa shape index (κ2) is 9.28. The Kier molecular flexibility index (Phi) is 7.29. The Morgan fingerprint density at radius 1 is 1.18 bits per heavy atom. The van der Waals surface area contributed by atoms with E-state index in [1.807, 2.05) is 37.8 Å². The maximum absolute atomic E-state index is 12.6. The van der Waals surface area contributed by atoms with Gasteiger partial charge in [0.2, 0.25) is 11.8 Å². The highest BCUT2D eigenvalue weighted by atomic mass is 16.5. The molecule has 2 rings (SSSR count). The van der Waals surface area contributed by atoms with Gasteiger partial charge >= 0.3 is 0 Å². The largest absolute Gasteiger partial charge is 0.493 e. The molecule has 0 saturated carbocycles. The molecule has 7 heteroatoms. The molecule has 0 unspecified atom stereocenters. The van der Waals surface area contributed by atoms with Crippen molar-refractivity contribution in [1.82, 2.24) is 10.2 Å². The molecular weight excluding hydrogens is 358 g/mol. The van der Waals surface area contributed by atoms with Gasteiger partial charge in [-0.2, -0.15) is 0 Å². The van der Waals surface area contributed by atoms with E-state index >= 15 is 0 Å². The van der Waals surface area contributed by atoms with E-state index in [1.165, 1.54) is 5.56 Å². The quantitative estimate of drug-likeness (QED) is 0.692. The third-order valence-electron chi connectivity index (χ3n) is 5.15. The number of methoxy groups -OCH3 is 2. The van der Waals surface area contributed by atoms with Crippen molar-refractivity contribution >= 4 is 11.8 Å². The molecule has 156 valence electrons. The Morgan fingerprint density at radius 2 is 1.79 bits per heavy atom. The standard InChI is InChI=1S/C21H33N3O4/c1-21(2,3)19(22)20(26)23-9-6-7-18(25)24-10-8-14-11-16(27-4)17(28-5)12-15(14)13-24/h11-12,19H,6-10,13,22H2,1-5H3,(H,23,26)/t19-/m1/s1. The van der Waals surface area contributed by atoms with E-state index in [2.05, 4.69) is 5.32 Å². The minimum absolute atomic E-state index is 0.0924. The first-order valence-electron chi connectivity index (χ1n) is 9.72. The summed E-state index contributed by atoms with van der Waals surface area (Å²) in [6.45, 7) is 7.49. The maximum Gasteiger partial charge on any atom is 0.237 e. The zero-order chi connectivity index (χ0) is 20.9. The lowest BCUT2D eigenvalue weighted by Crippen LogP contribution is -2.48. The molecule has 0 aliphatic carbocycles. The van der Waals surface area contributed by atoms with Gasteiger partial charge in [-0.05, 0) is 41.5 Å². The Balaban J connectivity index is 1.84. The zero-order valence-corrected chi connectivity index (χ0v) is 17.6. The van der Waals surface area contributed by atoms with Crippen molar-refractivity contribution in [2.75, 3.05) is 27.3 Å². The lowest BCUT2D eigenvalue weighted by Gasteiger charge is -2.30. The molecule has 0 bridgehead atoms. The summed E-state index contributed by atoms with van der Waals surface area (Å²) in [5.74, 6) is 1.31. The van der Waals surface area contributed by atoms with Crippen LogP contribution in [0.2, 0.25) is 0 Å². The van der Waals surface area contributed by atoms with Crippen molar-refractivity contribution in [2.24, 2.45) is 11.1 Å². The second-order valence-corrected chi connectivity index (χ2v) is 8.28. The minimum atomic E-state index is -0.561. The smallest absolute Gasteiger partial charge is 0.237 e. The van der Waals surface area contributed by atoms with Gasteiger partial charge in [-0.1, -0.05) is 20.8 Å². The fraction of sp³-hybridized carbons (Fsp3) is 0.619. The van der Waals surface area contributed by atoms with Gasteiger partial charge in [-0.25, -0.2) is 0 Å². The first-order valence-corrected chi connectivity index (χ1v) is 9.72. The minimum Gasteiger partial charge on any atom is -0.493 e. The predicted octanol–water partition coefficient (Wildman–Crippen LogP) is 1.86. The highest BCUT2D eigenvalue weighted by molar-refractivity contribution is 5.82. The van der Waals surface area contributed by atoms with Crippen molar-refractivity contribution in [3.63, 3.8) is 0 Å². The van der Waals surface area contributed by atoms with Crippen LogP contribution in [0.3, 0.4) is 0 Å². The molecule has 1 aromatic rings. The molecule has 1 aromatic carbocycles. The van der Waals surface area contributed by atoms with Crippen LogP contribution in [0, 0.1) is 5.41 Å². The number of ether oxygens (including phenoxy) is 2. The van der Waals surface area contributed by atoms with E-state index in [9.17, 15) is 9.59 Å². The Bertz CT molecular complexity index is 712. The SMILES string of the molecule is COc1cc2c(cc1OC)CN(C(=O)CCCNC(=O)[C@@H](N)C(C)(C)C)CC2. The molecule has 0 aromatic heterocycles. The molecule has 3 N–H and O–H groups in total.